The maximum absolute atomic E-state index is 6.10. The number of benzene rings is 2. The summed E-state index contributed by atoms with van der Waals surface area (Å²) >= 11 is 18.1. The molecule has 4 nitrogen and oxygen atoms in total. The average Bonchev–Trinajstić information content (AvgIpc) is 2.62. The van der Waals surface area contributed by atoms with Gasteiger partial charge in [0.25, 0.3) is 0 Å². The molecule has 0 radical (unpaired) electrons. The highest BCUT2D eigenvalue weighted by Gasteiger charge is 2.06. The fraction of sp³-hybridized carbons (Fsp3) is 0.0556. The molecular formula is C18H13Cl3N4. The molecule has 0 atom stereocenters. The van der Waals surface area contributed by atoms with Gasteiger partial charge in [-0.15, -0.1) is 0 Å². The molecule has 7 heteroatoms. The van der Waals surface area contributed by atoms with E-state index in [9.17, 15) is 0 Å². The first-order valence-corrected chi connectivity index (χ1v) is 8.52. The van der Waals surface area contributed by atoms with Gasteiger partial charge in [0.05, 0.1) is 15.8 Å². The van der Waals surface area contributed by atoms with Gasteiger partial charge in [-0.1, -0.05) is 71.2 Å². The Morgan fingerprint density at radius 3 is 2.40 bits per heavy atom. The van der Waals surface area contributed by atoms with Gasteiger partial charge in [0, 0.05) is 11.6 Å². The zero-order chi connectivity index (χ0) is 17.8. The van der Waals surface area contributed by atoms with Crippen LogP contribution in [0.15, 0.2) is 59.7 Å². The molecule has 0 saturated heterocycles. The van der Waals surface area contributed by atoms with E-state index in [1.807, 2.05) is 43.3 Å². The zero-order valence-electron chi connectivity index (χ0n) is 13.2. The summed E-state index contributed by atoms with van der Waals surface area (Å²) in [5.41, 5.74) is 5.36. The number of rotatable bonds is 4. The van der Waals surface area contributed by atoms with Crippen LogP contribution in [0.25, 0.3) is 11.4 Å². The van der Waals surface area contributed by atoms with Crippen LogP contribution >= 0.6 is 34.8 Å². The monoisotopic (exact) mass is 390 g/mol. The predicted molar refractivity (Wildman–Crippen MR) is 105 cm³/mol. The Bertz CT molecular complexity index is 927. The second-order valence-corrected chi connectivity index (χ2v) is 6.41. The molecule has 0 aliphatic carbocycles. The molecule has 3 aromatic rings. The highest BCUT2D eigenvalue weighted by atomic mass is 35.5. The lowest BCUT2D eigenvalue weighted by Gasteiger charge is -2.07. The largest absolute Gasteiger partial charge is 0.261 e. The van der Waals surface area contributed by atoms with Crippen molar-refractivity contribution in [3.8, 4) is 11.4 Å². The average molecular weight is 392 g/mol. The lowest BCUT2D eigenvalue weighted by molar-refractivity contribution is 1.14. The van der Waals surface area contributed by atoms with E-state index in [0.717, 1.165) is 16.8 Å². The van der Waals surface area contributed by atoms with Crippen molar-refractivity contribution in [1.29, 1.82) is 0 Å². The lowest BCUT2D eigenvalue weighted by Crippen LogP contribution is -2.02. The molecule has 0 aliphatic rings. The van der Waals surface area contributed by atoms with Gasteiger partial charge in [-0.25, -0.2) is 9.97 Å². The van der Waals surface area contributed by atoms with E-state index >= 15 is 0 Å². The number of hydrazone groups is 1. The molecule has 0 saturated carbocycles. The Hall–Kier alpha value is -2.14. The normalized spacial score (nSPS) is 11.4. The molecule has 0 bridgehead atoms. The quantitative estimate of drug-likeness (QED) is 0.340. The lowest BCUT2D eigenvalue weighted by atomic mass is 10.1. The Morgan fingerprint density at radius 1 is 0.920 bits per heavy atom. The third-order valence-corrected chi connectivity index (χ3v) is 4.34. The van der Waals surface area contributed by atoms with Crippen molar-refractivity contribution in [2.24, 2.45) is 5.10 Å². The molecule has 0 spiro atoms. The van der Waals surface area contributed by atoms with Crippen LogP contribution < -0.4 is 5.43 Å². The van der Waals surface area contributed by atoms with Crippen molar-refractivity contribution >= 4 is 46.3 Å². The fourth-order valence-corrected chi connectivity index (χ4v) is 2.60. The maximum atomic E-state index is 6.10. The van der Waals surface area contributed by atoms with Crippen LogP contribution in [0.5, 0.6) is 0 Å². The Labute approximate surface area is 160 Å². The van der Waals surface area contributed by atoms with Crippen molar-refractivity contribution in [1.82, 2.24) is 9.97 Å². The van der Waals surface area contributed by atoms with Gasteiger partial charge in [-0.05, 0) is 24.6 Å². The van der Waals surface area contributed by atoms with Crippen LogP contribution in [-0.4, -0.2) is 15.7 Å². The molecule has 0 aliphatic heterocycles. The predicted octanol–water partition coefficient (Wildman–Crippen LogP) is 5.94. The van der Waals surface area contributed by atoms with E-state index in [0.29, 0.717) is 26.8 Å². The molecule has 0 fully saturated rings. The SMILES string of the molecule is C/C(=N/Nc1cc(Cl)nc(-c2ccccc2)n1)c1ccc(Cl)c(Cl)c1. The molecule has 1 aromatic heterocycles. The number of hydrogen-bond acceptors (Lipinski definition) is 4. The summed E-state index contributed by atoms with van der Waals surface area (Å²) in [5, 5.41) is 5.64. The summed E-state index contributed by atoms with van der Waals surface area (Å²) < 4.78 is 0. The molecule has 0 amide bonds. The maximum Gasteiger partial charge on any atom is 0.163 e. The molecule has 0 unspecified atom stereocenters. The van der Waals surface area contributed by atoms with Crippen molar-refractivity contribution in [3.05, 3.63) is 75.4 Å². The number of nitrogens with one attached hydrogen (secondary N) is 1. The third-order valence-electron chi connectivity index (χ3n) is 3.40. The number of hydrogen-bond donors (Lipinski definition) is 1. The molecule has 1 heterocycles. The minimum atomic E-state index is 0.332. The summed E-state index contributed by atoms with van der Waals surface area (Å²) in [7, 11) is 0. The van der Waals surface area contributed by atoms with Crippen molar-refractivity contribution < 1.29 is 0 Å². The van der Waals surface area contributed by atoms with Crippen LogP contribution in [0.1, 0.15) is 12.5 Å². The van der Waals surface area contributed by atoms with E-state index in [1.165, 1.54) is 0 Å². The molecule has 126 valence electrons. The Kier molecular flexibility index (Phi) is 5.53. The van der Waals surface area contributed by atoms with Crippen LogP contribution in [-0.2, 0) is 0 Å². The summed E-state index contributed by atoms with van der Waals surface area (Å²) in [6, 6.07) is 16.5. The van der Waals surface area contributed by atoms with Crippen molar-refractivity contribution in [2.45, 2.75) is 6.92 Å². The molecule has 25 heavy (non-hydrogen) atoms. The van der Waals surface area contributed by atoms with Gasteiger partial charge < -0.3 is 0 Å². The third kappa shape index (κ3) is 4.48. The van der Waals surface area contributed by atoms with Crippen LogP contribution in [0.3, 0.4) is 0 Å². The van der Waals surface area contributed by atoms with Crippen molar-refractivity contribution in [3.63, 3.8) is 0 Å². The van der Waals surface area contributed by atoms with E-state index in [2.05, 4.69) is 20.5 Å². The molecule has 3 rings (SSSR count). The zero-order valence-corrected chi connectivity index (χ0v) is 15.4. The highest BCUT2D eigenvalue weighted by molar-refractivity contribution is 6.42. The second kappa shape index (κ2) is 7.83. The summed E-state index contributed by atoms with van der Waals surface area (Å²) in [4.78, 5) is 8.68. The van der Waals surface area contributed by atoms with E-state index in [-0.39, 0.29) is 0 Å². The van der Waals surface area contributed by atoms with E-state index in [4.69, 9.17) is 34.8 Å². The highest BCUT2D eigenvalue weighted by Crippen LogP contribution is 2.23. The standard InChI is InChI=1S/C18H13Cl3N4/c1-11(13-7-8-14(19)15(20)9-13)24-25-17-10-16(21)22-18(23-17)12-5-3-2-4-6-12/h2-10H,1H3,(H,22,23,25)/b24-11-. The minimum absolute atomic E-state index is 0.332. The van der Waals surface area contributed by atoms with Gasteiger partial charge in [0.2, 0.25) is 0 Å². The number of anilines is 1. The van der Waals surface area contributed by atoms with E-state index < -0.39 is 0 Å². The van der Waals surface area contributed by atoms with Crippen molar-refractivity contribution in [2.75, 3.05) is 5.43 Å². The van der Waals surface area contributed by atoms with Gasteiger partial charge in [0.1, 0.15) is 5.15 Å². The van der Waals surface area contributed by atoms with Crippen LogP contribution in [0.4, 0.5) is 5.82 Å². The Balaban J connectivity index is 1.85. The second-order valence-electron chi connectivity index (χ2n) is 5.20. The van der Waals surface area contributed by atoms with Gasteiger partial charge >= 0.3 is 0 Å². The minimum Gasteiger partial charge on any atom is -0.261 e. The fourth-order valence-electron chi connectivity index (χ4n) is 2.12. The van der Waals surface area contributed by atoms with E-state index in [1.54, 1.807) is 18.2 Å². The van der Waals surface area contributed by atoms with Crippen LogP contribution in [0, 0.1) is 0 Å². The smallest absolute Gasteiger partial charge is 0.163 e. The van der Waals surface area contributed by atoms with Gasteiger partial charge in [-0.2, -0.15) is 5.10 Å². The van der Waals surface area contributed by atoms with Gasteiger partial charge in [0.15, 0.2) is 11.6 Å². The first-order chi connectivity index (χ1) is 12.0. The summed E-state index contributed by atoms with van der Waals surface area (Å²) in [6.07, 6.45) is 0. The molecule has 1 N–H and O–H groups in total. The first kappa shape index (κ1) is 17.7. The topological polar surface area (TPSA) is 50.2 Å². The van der Waals surface area contributed by atoms with Crippen LogP contribution in [0.2, 0.25) is 15.2 Å². The molecular weight excluding hydrogens is 379 g/mol. The molecule has 2 aromatic carbocycles. The number of aromatic nitrogens is 2. The first-order valence-electron chi connectivity index (χ1n) is 7.38. The summed E-state index contributed by atoms with van der Waals surface area (Å²) in [5.74, 6) is 1.02. The number of halogens is 3. The summed E-state index contributed by atoms with van der Waals surface area (Å²) in [6.45, 7) is 1.85. The number of nitrogens with zero attached hydrogens (tertiary/aromatic N) is 3. The van der Waals surface area contributed by atoms with Gasteiger partial charge in [-0.3, -0.25) is 5.43 Å². The Morgan fingerprint density at radius 2 is 1.68 bits per heavy atom.